The van der Waals surface area contributed by atoms with Gasteiger partial charge in [-0.1, -0.05) is 24.3 Å². The summed E-state index contributed by atoms with van der Waals surface area (Å²) < 4.78 is 2.22. The molecule has 0 saturated heterocycles. The highest BCUT2D eigenvalue weighted by molar-refractivity contribution is 5.26. The van der Waals surface area contributed by atoms with E-state index in [0.717, 1.165) is 13.0 Å². The molecule has 0 saturated carbocycles. The van der Waals surface area contributed by atoms with Crippen LogP contribution in [-0.2, 0) is 13.0 Å². The van der Waals surface area contributed by atoms with Crippen LogP contribution in [0.15, 0.2) is 42.7 Å². The second kappa shape index (κ2) is 5.19. The molecule has 0 bridgehead atoms. The number of hydrogen-bond acceptors (Lipinski definition) is 1. The molecule has 2 N–H and O–H groups in total. The Morgan fingerprint density at radius 3 is 2.71 bits per heavy atom. The molecule has 2 nitrogen and oxygen atoms in total. The fourth-order valence-electron chi connectivity index (χ4n) is 2.07. The number of aromatic nitrogens is 1. The van der Waals surface area contributed by atoms with Gasteiger partial charge in [0.05, 0.1) is 0 Å². The third kappa shape index (κ3) is 3.21. The van der Waals surface area contributed by atoms with Gasteiger partial charge in [0, 0.05) is 25.0 Å². The highest BCUT2D eigenvalue weighted by Crippen LogP contribution is 2.11. The summed E-state index contributed by atoms with van der Waals surface area (Å²) in [7, 11) is 0. The van der Waals surface area contributed by atoms with Gasteiger partial charge in [-0.25, -0.2) is 0 Å². The standard InChI is InChI=1S/C15H20N2/c1-12-5-3-4-6-15(12)11-17-8-7-14(10-17)9-13(2)16/h3-8,10,13H,9,11,16H2,1-2H3. The zero-order valence-corrected chi connectivity index (χ0v) is 10.6. The van der Waals surface area contributed by atoms with Crippen LogP contribution in [0.5, 0.6) is 0 Å². The van der Waals surface area contributed by atoms with Gasteiger partial charge in [-0.3, -0.25) is 0 Å². The van der Waals surface area contributed by atoms with Gasteiger partial charge in [0.2, 0.25) is 0 Å². The number of hydrogen-bond donors (Lipinski definition) is 1. The monoisotopic (exact) mass is 228 g/mol. The molecule has 2 rings (SSSR count). The van der Waals surface area contributed by atoms with E-state index in [1.807, 2.05) is 6.92 Å². The molecule has 1 aromatic carbocycles. The molecule has 2 heteroatoms. The number of aryl methyl sites for hydroxylation is 1. The first-order chi connectivity index (χ1) is 8.15. The molecule has 0 aliphatic rings. The molecule has 0 radical (unpaired) electrons. The predicted octanol–water partition coefficient (Wildman–Crippen LogP) is 2.73. The normalized spacial score (nSPS) is 12.6. The molecule has 0 spiro atoms. The zero-order chi connectivity index (χ0) is 12.3. The first kappa shape index (κ1) is 11.9. The van der Waals surface area contributed by atoms with Crippen LogP contribution in [-0.4, -0.2) is 10.6 Å². The van der Waals surface area contributed by atoms with Crippen molar-refractivity contribution in [2.24, 2.45) is 5.73 Å². The summed E-state index contributed by atoms with van der Waals surface area (Å²) in [6.45, 7) is 5.13. The lowest BCUT2D eigenvalue weighted by Gasteiger charge is -2.06. The Balaban J connectivity index is 2.09. The van der Waals surface area contributed by atoms with Gasteiger partial charge in [0.25, 0.3) is 0 Å². The molecule has 0 amide bonds. The minimum absolute atomic E-state index is 0.226. The minimum atomic E-state index is 0.226. The number of benzene rings is 1. The van der Waals surface area contributed by atoms with Crippen LogP contribution in [0.2, 0.25) is 0 Å². The Bertz CT molecular complexity index is 483. The maximum absolute atomic E-state index is 5.80. The third-order valence-corrected chi connectivity index (χ3v) is 2.98. The van der Waals surface area contributed by atoms with Gasteiger partial charge in [0.1, 0.15) is 0 Å². The highest BCUT2D eigenvalue weighted by atomic mass is 14.9. The van der Waals surface area contributed by atoms with Crippen molar-refractivity contribution < 1.29 is 0 Å². The molecule has 1 unspecified atom stereocenters. The van der Waals surface area contributed by atoms with Crippen LogP contribution in [0.4, 0.5) is 0 Å². The zero-order valence-electron chi connectivity index (χ0n) is 10.6. The summed E-state index contributed by atoms with van der Waals surface area (Å²) in [5, 5.41) is 0. The lowest BCUT2D eigenvalue weighted by molar-refractivity contribution is 0.731. The number of nitrogens with two attached hydrogens (primary N) is 1. The Kier molecular flexibility index (Phi) is 3.64. The van der Waals surface area contributed by atoms with E-state index in [-0.39, 0.29) is 6.04 Å². The summed E-state index contributed by atoms with van der Waals surface area (Å²) in [5.74, 6) is 0. The largest absolute Gasteiger partial charge is 0.350 e. The number of nitrogens with zero attached hydrogens (tertiary/aromatic N) is 1. The quantitative estimate of drug-likeness (QED) is 0.857. The van der Waals surface area contributed by atoms with Crippen LogP contribution in [0.25, 0.3) is 0 Å². The van der Waals surface area contributed by atoms with Crippen molar-refractivity contribution in [3.63, 3.8) is 0 Å². The van der Waals surface area contributed by atoms with Crippen molar-refractivity contribution in [2.45, 2.75) is 32.9 Å². The van der Waals surface area contributed by atoms with Crippen molar-refractivity contribution in [3.8, 4) is 0 Å². The SMILES string of the molecule is Cc1ccccc1Cn1ccc(CC(C)N)c1. The Labute approximate surface area is 103 Å². The lowest BCUT2D eigenvalue weighted by Crippen LogP contribution is -2.17. The molecular formula is C15H20N2. The maximum atomic E-state index is 5.80. The molecule has 17 heavy (non-hydrogen) atoms. The van der Waals surface area contributed by atoms with Gasteiger partial charge in [-0.05, 0) is 43.0 Å². The molecule has 1 atom stereocenters. The molecular weight excluding hydrogens is 208 g/mol. The molecule has 1 heterocycles. The molecule has 0 fully saturated rings. The average Bonchev–Trinajstić information content (AvgIpc) is 2.68. The van der Waals surface area contributed by atoms with E-state index in [4.69, 9.17) is 5.73 Å². The lowest BCUT2D eigenvalue weighted by atomic mass is 10.1. The van der Waals surface area contributed by atoms with Crippen molar-refractivity contribution in [1.29, 1.82) is 0 Å². The average molecular weight is 228 g/mol. The Hall–Kier alpha value is -1.54. The summed E-state index contributed by atoms with van der Waals surface area (Å²) in [6.07, 6.45) is 5.26. The van der Waals surface area contributed by atoms with E-state index in [1.54, 1.807) is 0 Å². The van der Waals surface area contributed by atoms with Crippen LogP contribution in [0.3, 0.4) is 0 Å². The molecule has 1 aromatic heterocycles. The Morgan fingerprint density at radius 2 is 2.00 bits per heavy atom. The van der Waals surface area contributed by atoms with Crippen molar-refractivity contribution >= 4 is 0 Å². The van der Waals surface area contributed by atoms with Crippen LogP contribution in [0.1, 0.15) is 23.6 Å². The fourth-order valence-corrected chi connectivity index (χ4v) is 2.07. The summed E-state index contributed by atoms with van der Waals surface area (Å²) >= 11 is 0. The third-order valence-electron chi connectivity index (χ3n) is 2.98. The summed E-state index contributed by atoms with van der Waals surface area (Å²) in [5.41, 5.74) is 9.83. The molecule has 0 aliphatic carbocycles. The second-order valence-electron chi connectivity index (χ2n) is 4.80. The van der Waals surface area contributed by atoms with E-state index < -0.39 is 0 Å². The van der Waals surface area contributed by atoms with Gasteiger partial charge in [0.15, 0.2) is 0 Å². The fraction of sp³-hybridized carbons (Fsp3) is 0.333. The summed E-state index contributed by atoms with van der Waals surface area (Å²) in [4.78, 5) is 0. The van der Waals surface area contributed by atoms with Crippen LogP contribution in [0, 0.1) is 6.92 Å². The summed E-state index contributed by atoms with van der Waals surface area (Å²) in [6, 6.07) is 10.9. The van der Waals surface area contributed by atoms with E-state index in [0.29, 0.717) is 0 Å². The molecule has 0 aliphatic heterocycles. The first-order valence-corrected chi connectivity index (χ1v) is 6.10. The Morgan fingerprint density at radius 1 is 1.24 bits per heavy atom. The van der Waals surface area contributed by atoms with E-state index in [2.05, 4.69) is 54.2 Å². The van der Waals surface area contributed by atoms with Gasteiger partial charge in [-0.15, -0.1) is 0 Å². The molecule has 90 valence electrons. The highest BCUT2D eigenvalue weighted by Gasteiger charge is 2.02. The van der Waals surface area contributed by atoms with Gasteiger partial charge < -0.3 is 10.3 Å². The topological polar surface area (TPSA) is 30.9 Å². The van der Waals surface area contributed by atoms with Crippen LogP contribution >= 0.6 is 0 Å². The van der Waals surface area contributed by atoms with E-state index >= 15 is 0 Å². The van der Waals surface area contributed by atoms with Crippen molar-refractivity contribution in [2.75, 3.05) is 0 Å². The number of rotatable bonds is 4. The van der Waals surface area contributed by atoms with Crippen molar-refractivity contribution in [1.82, 2.24) is 4.57 Å². The van der Waals surface area contributed by atoms with Crippen LogP contribution < -0.4 is 5.73 Å². The molecule has 2 aromatic rings. The van der Waals surface area contributed by atoms with Gasteiger partial charge in [-0.2, -0.15) is 0 Å². The predicted molar refractivity (Wildman–Crippen MR) is 72.1 cm³/mol. The maximum Gasteiger partial charge on any atom is 0.0472 e. The van der Waals surface area contributed by atoms with Gasteiger partial charge >= 0.3 is 0 Å². The first-order valence-electron chi connectivity index (χ1n) is 6.10. The second-order valence-corrected chi connectivity index (χ2v) is 4.80. The van der Waals surface area contributed by atoms with E-state index in [1.165, 1.54) is 16.7 Å². The minimum Gasteiger partial charge on any atom is -0.350 e. The van der Waals surface area contributed by atoms with Crippen molar-refractivity contribution in [3.05, 3.63) is 59.4 Å². The smallest absolute Gasteiger partial charge is 0.0472 e. The van der Waals surface area contributed by atoms with E-state index in [9.17, 15) is 0 Å².